The summed E-state index contributed by atoms with van der Waals surface area (Å²) in [5.41, 5.74) is 2.53. The molecule has 1 aliphatic rings. The fourth-order valence-electron chi connectivity index (χ4n) is 3.49. The zero-order valence-electron chi connectivity index (χ0n) is 16.0. The lowest BCUT2D eigenvalue weighted by atomic mass is 10.1. The van der Waals surface area contributed by atoms with E-state index in [2.05, 4.69) is 5.32 Å². The molecule has 2 aromatic carbocycles. The first kappa shape index (κ1) is 19.3. The molecular weight excluding hydrogens is 387 g/mol. The number of carbonyl (C=O) groups is 2. The van der Waals surface area contributed by atoms with Crippen molar-refractivity contribution in [1.29, 1.82) is 0 Å². The van der Waals surface area contributed by atoms with Crippen LogP contribution < -0.4 is 5.32 Å². The summed E-state index contributed by atoms with van der Waals surface area (Å²) in [5.74, 6) is -0.580. The predicted molar refractivity (Wildman–Crippen MR) is 111 cm³/mol. The van der Waals surface area contributed by atoms with E-state index in [0.29, 0.717) is 30.0 Å². The van der Waals surface area contributed by atoms with Gasteiger partial charge in [0.05, 0.1) is 10.9 Å². The van der Waals surface area contributed by atoms with E-state index >= 15 is 0 Å². The van der Waals surface area contributed by atoms with Crippen LogP contribution in [0.2, 0.25) is 0 Å². The summed E-state index contributed by atoms with van der Waals surface area (Å²) in [5, 5.41) is 3.04. The Balaban J connectivity index is 1.44. The summed E-state index contributed by atoms with van der Waals surface area (Å²) >= 11 is 1.49. The highest BCUT2D eigenvalue weighted by atomic mass is 32.1. The Labute approximate surface area is 173 Å². The third-order valence-electron chi connectivity index (χ3n) is 5.12. The third-order valence-corrected chi connectivity index (χ3v) is 6.35. The maximum absolute atomic E-state index is 13.1. The van der Waals surface area contributed by atoms with Crippen molar-refractivity contribution < 1.29 is 14.0 Å². The standard InChI is InChI=1S/C23H21FN2O2S/c1-15(16-5-3-2-4-6-16)25-22(27)21-13-18-14-26(12-11-20(18)29-21)23(28)17-7-9-19(24)10-8-17/h2-10,13,15H,11-12,14H2,1H3,(H,25,27)/t15-/m0/s1. The lowest BCUT2D eigenvalue weighted by Crippen LogP contribution is -2.35. The third kappa shape index (κ3) is 4.22. The minimum atomic E-state index is -0.360. The highest BCUT2D eigenvalue weighted by Gasteiger charge is 2.25. The Morgan fingerprint density at radius 2 is 1.83 bits per heavy atom. The molecule has 0 fully saturated rings. The number of nitrogens with zero attached hydrogens (tertiary/aromatic N) is 1. The molecule has 148 valence electrons. The second kappa shape index (κ2) is 8.17. The zero-order chi connectivity index (χ0) is 20.4. The average molecular weight is 408 g/mol. The molecule has 0 saturated carbocycles. The zero-order valence-corrected chi connectivity index (χ0v) is 16.8. The van der Waals surface area contributed by atoms with Gasteiger partial charge in [0, 0.05) is 23.5 Å². The number of rotatable bonds is 4. The summed E-state index contributed by atoms with van der Waals surface area (Å²) in [4.78, 5) is 28.9. The maximum atomic E-state index is 13.1. The Morgan fingerprint density at radius 3 is 2.55 bits per heavy atom. The van der Waals surface area contributed by atoms with Crippen molar-refractivity contribution in [3.8, 4) is 0 Å². The van der Waals surface area contributed by atoms with Crippen molar-refractivity contribution >= 4 is 23.2 Å². The molecule has 29 heavy (non-hydrogen) atoms. The lowest BCUT2D eigenvalue weighted by molar-refractivity contribution is 0.0735. The highest BCUT2D eigenvalue weighted by molar-refractivity contribution is 7.14. The molecule has 0 spiro atoms. The number of halogens is 1. The van der Waals surface area contributed by atoms with Gasteiger partial charge in [-0.05, 0) is 54.8 Å². The molecular formula is C23H21FN2O2S. The van der Waals surface area contributed by atoms with Crippen molar-refractivity contribution in [1.82, 2.24) is 10.2 Å². The topological polar surface area (TPSA) is 49.4 Å². The molecule has 0 aliphatic carbocycles. The molecule has 0 radical (unpaired) electrons. The van der Waals surface area contributed by atoms with Crippen LogP contribution in [0.5, 0.6) is 0 Å². The number of hydrogen-bond donors (Lipinski definition) is 1. The number of amides is 2. The van der Waals surface area contributed by atoms with Gasteiger partial charge >= 0.3 is 0 Å². The van der Waals surface area contributed by atoms with Gasteiger partial charge in [0.15, 0.2) is 0 Å². The SMILES string of the molecule is C[C@H](NC(=O)c1cc2c(s1)CCN(C(=O)c1ccc(F)cc1)C2)c1ccccc1. The minimum Gasteiger partial charge on any atom is -0.345 e. The summed E-state index contributed by atoms with van der Waals surface area (Å²) < 4.78 is 13.1. The Hall–Kier alpha value is -2.99. The van der Waals surface area contributed by atoms with Gasteiger partial charge in [-0.25, -0.2) is 4.39 Å². The van der Waals surface area contributed by atoms with Gasteiger partial charge in [-0.1, -0.05) is 30.3 Å². The van der Waals surface area contributed by atoms with E-state index in [1.165, 1.54) is 35.6 Å². The van der Waals surface area contributed by atoms with E-state index in [1.807, 2.05) is 43.3 Å². The average Bonchev–Trinajstić information content (AvgIpc) is 3.18. The van der Waals surface area contributed by atoms with E-state index in [4.69, 9.17) is 0 Å². The predicted octanol–water partition coefficient (Wildman–Crippen LogP) is 4.58. The van der Waals surface area contributed by atoms with E-state index in [1.54, 1.807) is 4.90 Å². The van der Waals surface area contributed by atoms with E-state index in [-0.39, 0.29) is 23.7 Å². The van der Waals surface area contributed by atoms with Gasteiger partial charge < -0.3 is 10.2 Å². The second-order valence-electron chi connectivity index (χ2n) is 7.15. The molecule has 0 bridgehead atoms. The summed E-state index contributed by atoms with van der Waals surface area (Å²) in [6.07, 6.45) is 0.717. The molecule has 1 aliphatic heterocycles. The van der Waals surface area contributed by atoms with Crippen molar-refractivity contribution in [3.05, 3.63) is 92.9 Å². The van der Waals surface area contributed by atoms with Crippen LogP contribution in [0.25, 0.3) is 0 Å². The van der Waals surface area contributed by atoms with Crippen LogP contribution >= 0.6 is 11.3 Å². The fourth-order valence-corrected chi connectivity index (χ4v) is 4.55. The molecule has 4 nitrogen and oxygen atoms in total. The molecule has 2 amide bonds. The van der Waals surface area contributed by atoms with Gasteiger partial charge in [0.2, 0.25) is 0 Å². The van der Waals surface area contributed by atoms with Crippen LogP contribution in [-0.4, -0.2) is 23.3 Å². The summed E-state index contributed by atoms with van der Waals surface area (Å²) in [7, 11) is 0. The van der Waals surface area contributed by atoms with Crippen LogP contribution in [0.4, 0.5) is 4.39 Å². The molecule has 4 rings (SSSR count). The van der Waals surface area contributed by atoms with Crippen LogP contribution in [-0.2, 0) is 13.0 Å². The summed E-state index contributed by atoms with van der Waals surface area (Å²) in [6, 6.07) is 17.2. The van der Waals surface area contributed by atoms with Gasteiger partial charge in [-0.2, -0.15) is 0 Å². The smallest absolute Gasteiger partial charge is 0.261 e. The van der Waals surface area contributed by atoms with Gasteiger partial charge in [-0.15, -0.1) is 11.3 Å². The Bertz CT molecular complexity index is 1030. The number of carbonyl (C=O) groups excluding carboxylic acids is 2. The quantitative estimate of drug-likeness (QED) is 0.687. The van der Waals surface area contributed by atoms with E-state index in [9.17, 15) is 14.0 Å². The molecule has 1 aromatic heterocycles. The number of thiophene rings is 1. The van der Waals surface area contributed by atoms with Crippen molar-refractivity contribution in [2.45, 2.75) is 25.9 Å². The first-order chi connectivity index (χ1) is 14.0. The van der Waals surface area contributed by atoms with Gasteiger partial charge in [0.25, 0.3) is 11.8 Å². The Kier molecular flexibility index (Phi) is 5.45. The number of fused-ring (bicyclic) bond motifs is 1. The van der Waals surface area contributed by atoms with Crippen LogP contribution in [0, 0.1) is 5.82 Å². The van der Waals surface area contributed by atoms with Crippen molar-refractivity contribution in [2.75, 3.05) is 6.54 Å². The van der Waals surface area contributed by atoms with Crippen LogP contribution in [0.1, 0.15) is 49.0 Å². The highest BCUT2D eigenvalue weighted by Crippen LogP contribution is 2.29. The first-order valence-electron chi connectivity index (χ1n) is 9.53. The molecule has 0 saturated heterocycles. The van der Waals surface area contributed by atoms with E-state index in [0.717, 1.165) is 16.0 Å². The monoisotopic (exact) mass is 408 g/mol. The number of nitrogens with one attached hydrogen (secondary N) is 1. The molecule has 6 heteroatoms. The molecule has 1 N–H and O–H groups in total. The first-order valence-corrected chi connectivity index (χ1v) is 10.3. The van der Waals surface area contributed by atoms with E-state index < -0.39 is 0 Å². The second-order valence-corrected chi connectivity index (χ2v) is 8.29. The maximum Gasteiger partial charge on any atom is 0.261 e. The largest absolute Gasteiger partial charge is 0.345 e. The van der Waals surface area contributed by atoms with Crippen LogP contribution in [0.3, 0.4) is 0 Å². The van der Waals surface area contributed by atoms with Gasteiger partial charge in [-0.3, -0.25) is 9.59 Å². The minimum absolute atomic E-state index is 0.0839. The normalized spacial score (nSPS) is 14.2. The lowest BCUT2D eigenvalue weighted by Gasteiger charge is -2.27. The van der Waals surface area contributed by atoms with Gasteiger partial charge in [0.1, 0.15) is 5.82 Å². The van der Waals surface area contributed by atoms with Crippen molar-refractivity contribution in [3.63, 3.8) is 0 Å². The van der Waals surface area contributed by atoms with Crippen LogP contribution in [0.15, 0.2) is 60.7 Å². The molecule has 2 heterocycles. The molecule has 0 unspecified atom stereocenters. The number of benzene rings is 2. The Morgan fingerprint density at radius 1 is 1.10 bits per heavy atom. The molecule has 3 aromatic rings. The summed E-state index contributed by atoms with van der Waals surface area (Å²) in [6.45, 7) is 3.01. The number of hydrogen-bond acceptors (Lipinski definition) is 3. The fraction of sp³-hybridized carbons (Fsp3) is 0.217. The van der Waals surface area contributed by atoms with Crippen molar-refractivity contribution in [2.24, 2.45) is 0 Å². The molecule has 1 atom stereocenters.